The van der Waals surface area contributed by atoms with Gasteiger partial charge in [-0.3, -0.25) is 9.48 Å². The van der Waals surface area contributed by atoms with Crippen molar-refractivity contribution in [1.29, 1.82) is 0 Å². The summed E-state index contributed by atoms with van der Waals surface area (Å²) in [6.07, 6.45) is 4.82. The first-order valence-electron chi connectivity index (χ1n) is 9.24. The monoisotopic (exact) mass is 371 g/mol. The fourth-order valence-corrected chi connectivity index (χ4v) is 3.32. The highest BCUT2D eigenvalue weighted by molar-refractivity contribution is 5.86. The van der Waals surface area contributed by atoms with Crippen molar-refractivity contribution in [2.75, 3.05) is 13.1 Å². The van der Waals surface area contributed by atoms with E-state index in [1.54, 1.807) is 10.9 Å². The summed E-state index contributed by atoms with van der Waals surface area (Å²) >= 11 is 0. The number of carboxylic acids is 1. The Bertz CT molecular complexity index is 807. The predicted molar refractivity (Wildman–Crippen MR) is 99.9 cm³/mol. The number of aromatic nitrogens is 2. The van der Waals surface area contributed by atoms with Crippen LogP contribution in [0.3, 0.4) is 0 Å². The number of ether oxygens (including phenoxy) is 1. The van der Waals surface area contributed by atoms with Gasteiger partial charge in [0.05, 0.1) is 30.3 Å². The quantitative estimate of drug-likeness (QED) is 0.844. The highest BCUT2D eigenvalue weighted by atomic mass is 16.5. The summed E-state index contributed by atoms with van der Waals surface area (Å²) in [6.45, 7) is 5.21. The van der Waals surface area contributed by atoms with Crippen LogP contribution in [0.4, 0.5) is 0 Å². The summed E-state index contributed by atoms with van der Waals surface area (Å²) in [5.74, 6) is -0.135. The van der Waals surface area contributed by atoms with Crippen molar-refractivity contribution in [3.05, 3.63) is 47.8 Å². The molecule has 2 aromatic rings. The normalized spacial score (nSPS) is 15.1. The van der Waals surface area contributed by atoms with Crippen LogP contribution in [-0.2, 0) is 11.2 Å². The van der Waals surface area contributed by atoms with Crippen molar-refractivity contribution in [3.8, 4) is 5.75 Å². The molecule has 0 radical (unpaired) electrons. The number of carboxylic acid groups (broad SMARTS) is 1. The maximum Gasteiger partial charge on any atom is 0.338 e. The van der Waals surface area contributed by atoms with E-state index in [4.69, 9.17) is 9.84 Å². The van der Waals surface area contributed by atoms with Crippen molar-refractivity contribution in [3.63, 3.8) is 0 Å². The Morgan fingerprint density at radius 3 is 2.59 bits per heavy atom. The Balaban J connectivity index is 1.58. The molecule has 0 unspecified atom stereocenters. The van der Waals surface area contributed by atoms with Crippen molar-refractivity contribution < 1.29 is 19.4 Å². The molecule has 1 aliphatic heterocycles. The number of likely N-dealkylation sites (tertiary alicyclic amines) is 1. The van der Waals surface area contributed by atoms with Gasteiger partial charge in [-0.1, -0.05) is 18.2 Å². The minimum atomic E-state index is -0.976. The van der Waals surface area contributed by atoms with Gasteiger partial charge in [0.15, 0.2) is 0 Å². The molecule has 1 aromatic heterocycles. The minimum Gasteiger partial charge on any atom is -0.491 e. The van der Waals surface area contributed by atoms with E-state index >= 15 is 0 Å². The summed E-state index contributed by atoms with van der Waals surface area (Å²) in [7, 11) is 0. The zero-order chi connectivity index (χ0) is 19.4. The molecule has 0 atom stereocenters. The predicted octanol–water partition coefficient (Wildman–Crippen LogP) is 2.77. The fraction of sp³-hybridized carbons (Fsp3) is 0.450. The molecule has 0 aliphatic carbocycles. The molecule has 1 saturated heterocycles. The molecule has 0 saturated carbocycles. The summed E-state index contributed by atoms with van der Waals surface area (Å²) in [5, 5.41) is 13.2. The van der Waals surface area contributed by atoms with Crippen LogP contribution in [0.25, 0.3) is 0 Å². The number of carbonyl (C=O) groups excluding carboxylic acids is 1. The van der Waals surface area contributed by atoms with Gasteiger partial charge in [0.25, 0.3) is 0 Å². The van der Waals surface area contributed by atoms with Crippen LogP contribution in [0.2, 0.25) is 0 Å². The van der Waals surface area contributed by atoms with Crippen molar-refractivity contribution in [2.24, 2.45) is 0 Å². The van der Waals surface area contributed by atoms with Gasteiger partial charge < -0.3 is 14.7 Å². The molecule has 2 heterocycles. The summed E-state index contributed by atoms with van der Waals surface area (Å²) in [4.78, 5) is 25.6. The lowest BCUT2D eigenvalue weighted by atomic mass is 10.0. The van der Waals surface area contributed by atoms with Crippen molar-refractivity contribution in [2.45, 2.75) is 45.3 Å². The Morgan fingerprint density at radius 2 is 1.96 bits per heavy atom. The minimum absolute atomic E-state index is 0.0572. The third kappa shape index (κ3) is 4.67. The van der Waals surface area contributed by atoms with Crippen LogP contribution in [0, 0.1) is 0 Å². The van der Waals surface area contributed by atoms with Crippen LogP contribution in [-0.4, -0.2) is 50.9 Å². The average molecular weight is 371 g/mol. The Morgan fingerprint density at radius 1 is 1.26 bits per heavy atom. The molecule has 7 nitrogen and oxygen atoms in total. The molecule has 1 aliphatic rings. The number of piperidine rings is 1. The van der Waals surface area contributed by atoms with E-state index in [0.29, 0.717) is 19.5 Å². The standard InChI is InChI=1S/C20H25N3O4/c1-14(2)27-18-6-4-3-5-15(18)11-19(24)22-9-7-17(8-10-22)23-13-16(12-21-23)20(25)26/h3-6,12-14,17H,7-11H2,1-2H3,(H,25,26). The fourth-order valence-electron chi connectivity index (χ4n) is 3.32. The zero-order valence-electron chi connectivity index (χ0n) is 15.7. The second-order valence-electron chi connectivity index (χ2n) is 7.08. The maximum atomic E-state index is 12.7. The lowest BCUT2D eigenvalue weighted by molar-refractivity contribution is -0.131. The molecule has 1 N–H and O–H groups in total. The van der Waals surface area contributed by atoms with Crippen LogP contribution >= 0.6 is 0 Å². The number of para-hydroxylation sites is 1. The first-order valence-corrected chi connectivity index (χ1v) is 9.24. The zero-order valence-corrected chi connectivity index (χ0v) is 15.7. The van der Waals surface area contributed by atoms with E-state index in [0.717, 1.165) is 24.2 Å². The van der Waals surface area contributed by atoms with Gasteiger partial charge in [-0.2, -0.15) is 5.10 Å². The number of aromatic carboxylic acids is 1. The van der Waals surface area contributed by atoms with Gasteiger partial charge in [-0.05, 0) is 32.8 Å². The number of nitrogens with zero attached hydrogens (tertiary/aromatic N) is 3. The van der Waals surface area contributed by atoms with E-state index in [-0.39, 0.29) is 23.6 Å². The molecule has 27 heavy (non-hydrogen) atoms. The van der Waals surface area contributed by atoms with E-state index in [1.807, 2.05) is 43.0 Å². The third-order valence-corrected chi connectivity index (χ3v) is 4.72. The number of rotatable bonds is 6. The van der Waals surface area contributed by atoms with Crippen molar-refractivity contribution >= 4 is 11.9 Å². The first kappa shape index (κ1) is 18.9. The molecule has 7 heteroatoms. The number of hydrogen-bond acceptors (Lipinski definition) is 4. The molecule has 0 spiro atoms. The largest absolute Gasteiger partial charge is 0.491 e. The van der Waals surface area contributed by atoms with Crippen LogP contribution in [0.15, 0.2) is 36.7 Å². The molecule has 1 amide bonds. The van der Waals surface area contributed by atoms with Gasteiger partial charge in [-0.25, -0.2) is 4.79 Å². The van der Waals surface area contributed by atoms with Gasteiger partial charge >= 0.3 is 5.97 Å². The van der Waals surface area contributed by atoms with Crippen LogP contribution in [0.1, 0.15) is 48.7 Å². The van der Waals surface area contributed by atoms with Gasteiger partial charge in [0.2, 0.25) is 5.91 Å². The summed E-state index contributed by atoms with van der Waals surface area (Å²) in [6, 6.07) is 7.78. The Labute approximate surface area is 158 Å². The first-order chi connectivity index (χ1) is 12.9. The molecular weight excluding hydrogens is 346 g/mol. The third-order valence-electron chi connectivity index (χ3n) is 4.72. The van der Waals surface area contributed by atoms with E-state index in [9.17, 15) is 9.59 Å². The topological polar surface area (TPSA) is 84.7 Å². The second kappa shape index (κ2) is 8.24. The molecule has 0 bridgehead atoms. The van der Waals surface area contributed by atoms with Crippen LogP contribution in [0.5, 0.6) is 5.75 Å². The molecule has 1 fully saturated rings. The number of carbonyl (C=O) groups is 2. The van der Waals surface area contributed by atoms with Gasteiger partial charge in [0.1, 0.15) is 5.75 Å². The highest BCUT2D eigenvalue weighted by Crippen LogP contribution is 2.25. The second-order valence-corrected chi connectivity index (χ2v) is 7.08. The SMILES string of the molecule is CC(C)Oc1ccccc1CC(=O)N1CCC(n2cc(C(=O)O)cn2)CC1. The smallest absolute Gasteiger partial charge is 0.338 e. The lowest BCUT2D eigenvalue weighted by Crippen LogP contribution is -2.40. The summed E-state index contributed by atoms with van der Waals surface area (Å²) in [5.41, 5.74) is 1.09. The van der Waals surface area contributed by atoms with E-state index < -0.39 is 5.97 Å². The lowest BCUT2D eigenvalue weighted by Gasteiger charge is -2.32. The molecule has 144 valence electrons. The molecule has 1 aromatic carbocycles. The molecule has 3 rings (SSSR count). The highest BCUT2D eigenvalue weighted by Gasteiger charge is 2.25. The number of amides is 1. The summed E-state index contributed by atoms with van der Waals surface area (Å²) < 4.78 is 7.51. The van der Waals surface area contributed by atoms with E-state index in [2.05, 4.69) is 5.10 Å². The average Bonchev–Trinajstić information content (AvgIpc) is 3.13. The van der Waals surface area contributed by atoms with Crippen molar-refractivity contribution in [1.82, 2.24) is 14.7 Å². The van der Waals surface area contributed by atoms with Crippen LogP contribution < -0.4 is 4.74 Å². The maximum absolute atomic E-state index is 12.7. The van der Waals surface area contributed by atoms with Gasteiger partial charge in [0, 0.05) is 24.8 Å². The Hall–Kier alpha value is -2.83. The molecular formula is C20H25N3O4. The van der Waals surface area contributed by atoms with E-state index in [1.165, 1.54) is 6.20 Å². The Kier molecular flexibility index (Phi) is 5.78. The number of hydrogen-bond donors (Lipinski definition) is 1. The van der Waals surface area contributed by atoms with Gasteiger partial charge in [-0.15, -0.1) is 0 Å². The number of benzene rings is 1.